The van der Waals surface area contributed by atoms with Gasteiger partial charge < -0.3 is 9.47 Å². The lowest BCUT2D eigenvalue weighted by atomic mass is 9.61. The smallest absolute Gasteiger partial charge is 0.303 e. The third-order valence-electron chi connectivity index (χ3n) is 5.45. The number of esters is 2. The van der Waals surface area contributed by atoms with Crippen molar-refractivity contribution in [3.05, 3.63) is 0 Å². The van der Waals surface area contributed by atoms with Crippen LogP contribution in [0, 0.1) is 23.2 Å². The molecule has 1 aliphatic rings. The molecular weight excluding hydrogens is 348 g/mol. The van der Waals surface area contributed by atoms with Crippen LogP contribution in [0.4, 0.5) is 0 Å². The first kappa shape index (κ1) is 23.3. The molecule has 3 atom stereocenters. The highest BCUT2D eigenvalue weighted by atomic mass is 16.6. The van der Waals surface area contributed by atoms with Gasteiger partial charge in [0.25, 0.3) is 0 Å². The SMILES string of the molecule is CC(=O)O[C@H](C[C@@H]1CCC(C)(C)[C@H](C(=O)C(C)C)C1=O)C(C)(C)OC(C)=O. The summed E-state index contributed by atoms with van der Waals surface area (Å²) >= 11 is 0. The summed E-state index contributed by atoms with van der Waals surface area (Å²) in [6.07, 6.45) is 0.815. The van der Waals surface area contributed by atoms with Crippen LogP contribution in [0.15, 0.2) is 0 Å². The standard InChI is InChI=1S/C21H34O6/c1-12(2)18(24)17-19(25)15(9-10-20(17,5)6)11-16(26-13(3)22)21(7,8)27-14(4)23/h12,15-17H,9-11H2,1-8H3/t15-,16+,17+/m0/s1. The highest BCUT2D eigenvalue weighted by Crippen LogP contribution is 2.44. The molecule has 0 aliphatic heterocycles. The van der Waals surface area contributed by atoms with E-state index in [-0.39, 0.29) is 23.9 Å². The minimum Gasteiger partial charge on any atom is -0.458 e. The van der Waals surface area contributed by atoms with Gasteiger partial charge in [-0.2, -0.15) is 0 Å². The van der Waals surface area contributed by atoms with Gasteiger partial charge in [-0.3, -0.25) is 19.2 Å². The van der Waals surface area contributed by atoms with Gasteiger partial charge in [-0.25, -0.2) is 0 Å². The highest BCUT2D eigenvalue weighted by Gasteiger charge is 2.49. The molecule has 27 heavy (non-hydrogen) atoms. The molecule has 6 heteroatoms. The molecule has 6 nitrogen and oxygen atoms in total. The van der Waals surface area contributed by atoms with E-state index in [4.69, 9.17) is 9.47 Å². The van der Waals surface area contributed by atoms with E-state index in [1.807, 2.05) is 13.8 Å². The Hall–Kier alpha value is -1.72. The van der Waals surface area contributed by atoms with Gasteiger partial charge in [0.05, 0.1) is 5.92 Å². The molecule has 1 rings (SSSR count). The first-order valence-corrected chi connectivity index (χ1v) is 9.63. The first-order chi connectivity index (χ1) is 12.2. The molecule has 1 fully saturated rings. The van der Waals surface area contributed by atoms with Gasteiger partial charge in [0.15, 0.2) is 0 Å². The fourth-order valence-corrected chi connectivity index (χ4v) is 3.92. The quantitative estimate of drug-likeness (QED) is 0.495. The summed E-state index contributed by atoms with van der Waals surface area (Å²) in [5.74, 6) is -2.42. The van der Waals surface area contributed by atoms with Crippen molar-refractivity contribution in [2.45, 2.75) is 86.4 Å². The molecule has 0 unspecified atom stereocenters. The molecular formula is C21H34O6. The fraction of sp³-hybridized carbons (Fsp3) is 0.810. The van der Waals surface area contributed by atoms with E-state index in [0.717, 1.165) is 6.42 Å². The summed E-state index contributed by atoms with van der Waals surface area (Å²) in [4.78, 5) is 48.9. The molecule has 0 radical (unpaired) electrons. The van der Waals surface area contributed by atoms with Crippen molar-refractivity contribution in [1.29, 1.82) is 0 Å². The number of carbonyl (C=O) groups excluding carboxylic acids is 4. The highest BCUT2D eigenvalue weighted by molar-refractivity contribution is 6.05. The predicted molar refractivity (Wildman–Crippen MR) is 101 cm³/mol. The molecule has 0 amide bonds. The monoisotopic (exact) mass is 382 g/mol. The van der Waals surface area contributed by atoms with Crippen molar-refractivity contribution >= 4 is 23.5 Å². The molecule has 0 N–H and O–H groups in total. The molecule has 0 spiro atoms. The number of carbonyl (C=O) groups is 4. The second-order valence-corrected chi connectivity index (χ2v) is 9.15. The maximum absolute atomic E-state index is 13.2. The van der Waals surface area contributed by atoms with E-state index in [0.29, 0.717) is 6.42 Å². The van der Waals surface area contributed by atoms with Crippen molar-refractivity contribution in [3.8, 4) is 0 Å². The van der Waals surface area contributed by atoms with E-state index < -0.39 is 40.9 Å². The van der Waals surface area contributed by atoms with Gasteiger partial charge in [0.1, 0.15) is 23.3 Å². The summed E-state index contributed by atoms with van der Waals surface area (Å²) in [7, 11) is 0. The number of ether oxygens (including phenoxy) is 2. The summed E-state index contributed by atoms with van der Waals surface area (Å²) in [6.45, 7) is 13.4. The lowest BCUT2D eigenvalue weighted by Crippen LogP contribution is -2.50. The van der Waals surface area contributed by atoms with E-state index in [9.17, 15) is 19.2 Å². The van der Waals surface area contributed by atoms with Crippen LogP contribution in [0.1, 0.15) is 74.7 Å². The minimum atomic E-state index is -1.07. The van der Waals surface area contributed by atoms with Crippen molar-refractivity contribution in [2.75, 3.05) is 0 Å². The molecule has 0 heterocycles. The number of ketones is 2. The molecule has 0 aromatic heterocycles. The maximum Gasteiger partial charge on any atom is 0.303 e. The van der Waals surface area contributed by atoms with E-state index in [1.165, 1.54) is 13.8 Å². The number of hydrogen-bond donors (Lipinski definition) is 0. The van der Waals surface area contributed by atoms with Gasteiger partial charge in [0.2, 0.25) is 0 Å². The van der Waals surface area contributed by atoms with Crippen LogP contribution in [0.25, 0.3) is 0 Å². The van der Waals surface area contributed by atoms with Crippen LogP contribution in [0.3, 0.4) is 0 Å². The number of hydrogen-bond acceptors (Lipinski definition) is 6. The Morgan fingerprint density at radius 1 is 1.15 bits per heavy atom. The number of rotatable bonds is 7. The average Bonchev–Trinajstić information content (AvgIpc) is 2.46. The van der Waals surface area contributed by atoms with Crippen molar-refractivity contribution in [2.24, 2.45) is 23.2 Å². The van der Waals surface area contributed by atoms with E-state index in [1.54, 1.807) is 27.7 Å². The zero-order valence-corrected chi connectivity index (χ0v) is 17.9. The average molecular weight is 382 g/mol. The molecule has 0 aromatic carbocycles. The largest absolute Gasteiger partial charge is 0.458 e. The van der Waals surface area contributed by atoms with Gasteiger partial charge in [-0.05, 0) is 38.5 Å². The van der Waals surface area contributed by atoms with Crippen LogP contribution in [0.5, 0.6) is 0 Å². The zero-order chi connectivity index (χ0) is 21.2. The Bertz CT molecular complexity index is 602. The molecule has 0 aromatic rings. The first-order valence-electron chi connectivity index (χ1n) is 9.63. The van der Waals surface area contributed by atoms with Crippen molar-refractivity contribution < 1.29 is 28.7 Å². The second-order valence-electron chi connectivity index (χ2n) is 9.15. The van der Waals surface area contributed by atoms with Crippen molar-refractivity contribution in [3.63, 3.8) is 0 Å². The Morgan fingerprint density at radius 3 is 2.15 bits per heavy atom. The Kier molecular flexibility index (Phi) is 7.37. The normalized spacial score (nSPS) is 23.7. The minimum absolute atomic E-state index is 0.0435. The Labute approximate surface area is 162 Å². The Morgan fingerprint density at radius 2 is 1.70 bits per heavy atom. The van der Waals surface area contributed by atoms with Gasteiger partial charge in [-0.1, -0.05) is 27.7 Å². The molecule has 1 saturated carbocycles. The summed E-state index contributed by atoms with van der Waals surface area (Å²) in [6, 6.07) is 0. The lowest BCUT2D eigenvalue weighted by Gasteiger charge is -2.42. The molecule has 154 valence electrons. The summed E-state index contributed by atoms with van der Waals surface area (Å²) in [5, 5.41) is 0. The van der Waals surface area contributed by atoms with E-state index in [2.05, 4.69) is 0 Å². The molecule has 0 saturated heterocycles. The molecule has 0 bridgehead atoms. The fourth-order valence-electron chi connectivity index (χ4n) is 3.92. The van der Waals surface area contributed by atoms with Crippen LogP contribution in [-0.4, -0.2) is 35.2 Å². The summed E-state index contributed by atoms with van der Waals surface area (Å²) < 4.78 is 10.7. The van der Waals surface area contributed by atoms with Crippen molar-refractivity contribution in [1.82, 2.24) is 0 Å². The van der Waals surface area contributed by atoms with E-state index >= 15 is 0 Å². The lowest BCUT2D eigenvalue weighted by molar-refractivity contribution is -0.181. The van der Waals surface area contributed by atoms with Gasteiger partial charge in [-0.15, -0.1) is 0 Å². The summed E-state index contributed by atoms with van der Waals surface area (Å²) in [5.41, 5.74) is -1.46. The van der Waals surface area contributed by atoms with Gasteiger partial charge >= 0.3 is 11.9 Å². The zero-order valence-electron chi connectivity index (χ0n) is 17.9. The second kappa shape index (κ2) is 8.53. The Balaban J connectivity index is 3.11. The van der Waals surface area contributed by atoms with Crippen LogP contribution >= 0.6 is 0 Å². The predicted octanol–water partition coefficient (Wildman–Crippen LogP) is 3.50. The maximum atomic E-state index is 13.2. The molecule has 1 aliphatic carbocycles. The van der Waals surface area contributed by atoms with Crippen LogP contribution in [0.2, 0.25) is 0 Å². The van der Waals surface area contributed by atoms with Crippen LogP contribution < -0.4 is 0 Å². The number of Topliss-reactive ketones (excluding diaryl/α,β-unsaturated/α-hetero) is 2. The third-order valence-corrected chi connectivity index (χ3v) is 5.45. The topological polar surface area (TPSA) is 86.7 Å². The van der Waals surface area contributed by atoms with Gasteiger partial charge in [0, 0.05) is 25.7 Å². The van der Waals surface area contributed by atoms with Crippen LogP contribution in [-0.2, 0) is 28.7 Å². The third kappa shape index (κ3) is 5.88.